The molecule has 0 saturated carbocycles. The van der Waals surface area contributed by atoms with Crippen LogP contribution in [0, 0.1) is 6.92 Å². The molecule has 0 unspecified atom stereocenters. The summed E-state index contributed by atoms with van der Waals surface area (Å²) in [5.41, 5.74) is 0.144. The number of fused-ring (bicyclic) bond motifs is 1. The van der Waals surface area contributed by atoms with E-state index >= 15 is 0 Å². The number of phenolic OH excluding ortho intramolecular Hbond substituents is 1. The number of aliphatic carboxylic acids is 1. The lowest BCUT2D eigenvalue weighted by Crippen LogP contribution is -2.15. The molecule has 0 spiro atoms. The summed E-state index contributed by atoms with van der Waals surface area (Å²) in [6.07, 6.45) is 16.0. The number of anilines is 1. The molecule has 0 fully saturated rings. The molecule has 0 aliphatic heterocycles. The van der Waals surface area contributed by atoms with Gasteiger partial charge in [-0.2, -0.15) is 0 Å². The van der Waals surface area contributed by atoms with Crippen molar-refractivity contribution in [2.24, 2.45) is 0 Å². The Labute approximate surface area is 207 Å². The van der Waals surface area contributed by atoms with Crippen molar-refractivity contribution in [3.05, 3.63) is 33.7 Å². The quantitative estimate of drug-likeness (QED) is 0.128. The fraction of sp³-hybridized carbons (Fsp3) is 0.607. The van der Waals surface area contributed by atoms with Crippen LogP contribution in [0.3, 0.4) is 0 Å². The molecule has 1 aromatic carbocycles. The SMILES string of the molecule is CCCCCCCCCCCCCCCC(=O)Nc1cc2c(C)c(CC(=O)O)c(=O)oc2cc1O. The number of hydrogen-bond donors (Lipinski definition) is 3. The van der Waals surface area contributed by atoms with Crippen LogP contribution in [0.4, 0.5) is 5.69 Å². The van der Waals surface area contributed by atoms with E-state index in [0.717, 1.165) is 19.3 Å². The number of carboxylic acids is 1. The summed E-state index contributed by atoms with van der Waals surface area (Å²) in [5, 5.41) is 22.5. The van der Waals surface area contributed by atoms with Crippen molar-refractivity contribution in [2.75, 3.05) is 5.32 Å². The van der Waals surface area contributed by atoms with Gasteiger partial charge in [-0.05, 0) is 25.0 Å². The Morgan fingerprint density at radius 1 is 0.886 bits per heavy atom. The van der Waals surface area contributed by atoms with Gasteiger partial charge in [-0.15, -0.1) is 0 Å². The molecule has 3 N–H and O–H groups in total. The first kappa shape index (κ1) is 28.4. The lowest BCUT2D eigenvalue weighted by Gasteiger charge is -2.11. The molecule has 1 amide bonds. The molecular weight excluding hydrogens is 446 g/mol. The fourth-order valence-electron chi connectivity index (χ4n) is 4.40. The van der Waals surface area contributed by atoms with E-state index in [1.807, 2.05) is 0 Å². The zero-order chi connectivity index (χ0) is 25.6. The highest BCUT2D eigenvalue weighted by molar-refractivity contribution is 5.96. The van der Waals surface area contributed by atoms with E-state index in [2.05, 4.69) is 12.2 Å². The third-order valence-electron chi connectivity index (χ3n) is 6.51. The third-order valence-corrected chi connectivity index (χ3v) is 6.51. The van der Waals surface area contributed by atoms with E-state index in [1.54, 1.807) is 6.92 Å². The van der Waals surface area contributed by atoms with Gasteiger partial charge in [0.1, 0.15) is 11.3 Å². The van der Waals surface area contributed by atoms with Crippen LogP contribution in [-0.4, -0.2) is 22.1 Å². The maximum absolute atomic E-state index is 12.4. The first-order chi connectivity index (χ1) is 16.8. The Morgan fingerprint density at radius 3 is 1.97 bits per heavy atom. The number of phenols is 1. The number of carbonyl (C=O) groups is 2. The monoisotopic (exact) mass is 487 g/mol. The van der Waals surface area contributed by atoms with Gasteiger partial charge in [-0.25, -0.2) is 4.79 Å². The Morgan fingerprint density at radius 2 is 1.43 bits per heavy atom. The molecule has 7 nitrogen and oxygen atoms in total. The van der Waals surface area contributed by atoms with Crippen molar-refractivity contribution in [3.8, 4) is 5.75 Å². The van der Waals surface area contributed by atoms with Crippen LogP contribution < -0.4 is 10.9 Å². The number of rotatable bonds is 17. The highest BCUT2D eigenvalue weighted by Crippen LogP contribution is 2.31. The second kappa shape index (κ2) is 15.2. The summed E-state index contributed by atoms with van der Waals surface area (Å²) in [7, 11) is 0. The molecule has 0 aliphatic rings. The number of aryl methyl sites for hydroxylation is 1. The smallest absolute Gasteiger partial charge is 0.340 e. The molecule has 1 aromatic heterocycles. The van der Waals surface area contributed by atoms with Gasteiger partial charge in [-0.1, -0.05) is 84.0 Å². The van der Waals surface area contributed by atoms with Gasteiger partial charge in [0.15, 0.2) is 0 Å². The molecule has 1 heterocycles. The van der Waals surface area contributed by atoms with Gasteiger partial charge < -0.3 is 19.9 Å². The minimum atomic E-state index is -1.13. The van der Waals surface area contributed by atoms with E-state index in [-0.39, 0.29) is 28.5 Å². The van der Waals surface area contributed by atoms with Crippen molar-refractivity contribution in [3.63, 3.8) is 0 Å². The largest absolute Gasteiger partial charge is 0.506 e. The number of benzene rings is 1. The van der Waals surface area contributed by atoms with Crippen LogP contribution in [0.15, 0.2) is 21.3 Å². The molecule has 2 rings (SSSR count). The van der Waals surface area contributed by atoms with Gasteiger partial charge >= 0.3 is 11.6 Å². The molecule has 0 aliphatic carbocycles. The molecular formula is C28H41NO6. The predicted molar refractivity (Wildman–Crippen MR) is 139 cm³/mol. The normalized spacial score (nSPS) is 11.1. The average Bonchev–Trinajstić information content (AvgIpc) is 2.80. The fourth-order valence-corrected chi connectivity index (χ4v) is 4.40. The van der Waals surface area contributed by atoms with Crippen LogP contribution in [0.5, 0.6) is 5.75 Å². The number of carboxylic acid groups (broad SMARTS) is 1. The van der Waals surface area contributed by atoms with E-state index < -0.39 is 18.0 Å². The summed E-state index contributed by atoms with van der Waals surface area (Å²) in [4.78, 5) is 35.5. The van der Waals surface area contributed by atoms with Gasteiger partial charge in [0.05, 0.1) is 17.7 Å². The van der Waals surface area contributed by atoms with Crippen molar-refractivity contribution < 1.29 is 24.2 Å². The van der Waals surface area contributed by atoms with Crippen molar-refractivity contribution in [1.29, 1.82) is 0 Å². The lowest BCUT2D eigenvalue weighted by molar-refractivity contribution is -0.136. The third kappa shape index (κ3) is 9.74. The Kier molecular flexibility index (Phi) is 12.4. The van der Waals surface area contributed by atoms with E-state index in [4.69, 9.17) is 9.52 Å². The number of nitrogens with one attached hydrogen (secondary N) is 1. The highest BCUT2D eigenvalue weighted by atomic mass is 16.4. The Bertz CT molecular complexity index is 1030. The standard InChI is InChI=1S/C28H41NO6/c1-3-4-5-6-7-8-9-10-11-12-13-14-15-16-26(31)29-23-17-21-20(2)22(18-27(32)33)28(34)35-25(21)19-24(23)30/h17,19,30H,3-16,18H2,1-2H3,(H,29,31)(H,32,33). The molecule has 194 valence electrons. The summed E-state index contributed by atoms with van der Waals surface area (Å²) < 4.78 is 5.18. The van der Waals surface area contributed by atoms with E-state index in [0.29, 0.717) is 17.4 Å². The topological polar surface area (TPSA) is 117 Å². The van der Waals surface area contributed by atoms with Crippen LogP contribution in [0.1, 0.15) is 108 Å². The maximum atomic E-state index is 12.4. The van der Waals surface area contributed by atoms with Crippen molar-refractivity contribution >= 4 is 28.5 Å². The van der Waals surface area contributed by atoms with Crippen molar-refractivity contribution in [2.45, 2.75) is 110 Å². The van der Waals surface area contributed by atoms with Gasteiger partial charge in [-0.3, -0.25) is 9.59 Å². The number of amides is 1. The van der Waals surface area contributed by atoms with Crippen molar-refractivity contribution in [1.82, 2.24) is 0 Å². The maximum Gasteiger partial charge on any atom is 0.340 e. The van der Waals surface area contributed by atoms with Crippen LogP contribution >= 0.6 is 0 Å². The number of aromatic hydroxyl groups is 1. The summed E-state index contributed by atoms with van der Waals surface area (Å²) in [6.45, 7) is 3.88. The summed E-state index contributed by atoms with van der Waals surface area (Å²) in [6, 6.07) is 2.80. The molecule has 0 radical (unpaired) electrons. The van der Waals surface area contributed by atoms with Gasteiger partial charge in [0.2, 0.25) is 5.91 Å². The zero-order valence-corrected chi connectivity index (χ0v) is 21.3. The molecule has 2 aromatic rings. The number of hydrogen-bond acceptors (Lipinski definition) is 5. The van der Waals surface area contributed by atoms with Gasteiger partial charge in [0.25, 0.3) is 0 Å². The first-order valence-electron chi connectivity index (χ1n) is 13.1. The van der Waals surface area contributed by atoms with Crippen LogP contribution in [-0.2, 0) is 16.0 Å². The highest BCUT2D eigenvalue weighted by Gasteiger charge is 2.17. The second-order valence-electron chi connectivity index (χ2n) is 9.47. The number of unbranched alkanes of at least 4 members (excludes halogenated alkanes) is 12. The Balaban J connectivity index is 1.73. The van der Waals surface area contributed by atoms with E-state index in [9.17, 15) is 19.5 Å². The molecule has 0 atom stereocenters. The lowest BCUT2D eigenvalue weighted by atomic mass is 10.0. The second-order valence-corrected chi connectivity index (χ2v) is 9.47. The Hall–Kier alpha value is -2.83. The molecule has 0 saturated heterocycles. The van der Waals surface area contributed by atoms with Crippen LogP contribution in [0.25, 0.3) is 11.0 Å². The summed E-state index contributed by atoms with van der Waals surface area (Å²) >= 11 is 0. The molecule has 7 heteroatoms. The zero-order valence-electron chi connectivity index (χ0n) is 21.3. The summed E-state index contributed by atoms with van der Waals surface area (Å²) in [5.74, 6) is -1.53. The minimum Gasteiger partial charge on any atom is -0.506 e. The first-order valence-corrected chi connectivity index (χ1v) is 13.1. The average molecular weight is 488 g/mol. The molecule has 0 bridgehead atoms. The van der Waals surface area contributed by atoms with Crippen LogP contribution in [0.2, 0.25) is 0 Å². The predicted octanol–water partition coefficient (Wildman–Crippen LogP) is 6.85. The molecule has 35 heavy (non-hydrogen) atoms. The van der Waals surface area contributed by atoms with E-state index in [1.165, 1.54) is 76.3 Å². The minimum absolute atomic E-state index is 0.0555. The van der Waals surface area contributed by atoms with Gasteiger partial charge in [0, 0.05) is 17.9 Å². The number of carbonyl (C=O) groups excluding carboxylic acids is 1.